The van der Waals surface area contributed by atoms with Crippen molar-refractivity contribution in [3.05, 3.63) is 65.4 Å². The average molecular weight is 505 g/mol. The molecule has 192 valence electrons. The molecule has 0 radical (unpaired) electrons. The lowest BCUT2D eigenvalue weighted by molar-refractivity contribution is 0.0713. The number of nitrogens with one attached hydrogen (secondary N) is 1. The number of fused-ring (bicyclic) bond motifs is 1. The molecule has 0 bridgehead atoms. The fourth-order valence-corrected chi connectivity index (χ4v) is 4.18. The third kappa shape index (κ3) is 5.17. The van der Waals surface area contributed by atoms with Crippen LogP contribution in [0.3, 0.4) is 0 Å². The van der Waals surface area contributed by atoms with E-state index in [1.807, 2.05) is 37.4 Å². The first kappa shape index (κ1) is 24.4. The number of aliphatic hydroxyl groups is 1. The molecule has 1 fully saturated rings. The molecule has 1 saturated heterocycles. The third-order valence-corrected chi connectivity index (χ3v) is 6.51. The van der Waals surface area contributed by atoms with E-state index in [-0.39, 0.29) is 11.8 Å². The number of hydrogen-bond donors (Lipinski definition) is 3. The standard InChI is InChI=1S/C26H28N6O5/c1-15-4-6-17(22-29-24(37-30-22)18-13-31(14-18)25(34)35)10-19(15)28-23(33)20-11-27-21-7-5-16(12-32(20)21)8-9-26(2,3)36/h4-7,10-12,18,36H,8-9,13-14H2,1-3H3,(H,28,33)(H,34,35). The van der Waals surface area contributed by atoms with Gasteiger partial charge in [-0.05, 0) is 56.9 Å². The smallest absolute Gasteiger partial charge is 0.407 e. The third-order valence-electron chi connectivity index (χ3n) is 6.51. The van der Waals surface area contributed by atoms with Gasteiger partial charge in [0.1, 0.15) is 11.3 Å². The molecular weight excluding hydrogens is 476 g/mol. The van der Waals surface area contributed by atoms with Crippen LogP contribution in [-0.2, 0) is 6.42 Å². The Balaban J connectivity index is 1.33. The number of pyridine rings is 1. The predicted molar refractivity (Wildman–Crippen MR) is 135 cm³/mol. The lowest BCUT2D eigenvalue weighted by atomic mass is 10.00. The number of likely N-dealkylation sites (tertiary alicyclic amines) is 1. The average Bonchev–Trinajstić information content (AvgIpc) is 3.45. The largest absolute Gasteiger partial charge is 0.465 e. The Bertz CT molecular complexity index is 1480. The number of aromatic nitrogens is 4. The highest BCUT2D eigenvalue weighted by atomic mass is 16.5. The van der Waals surface area contributed by atoms with E-state index < -0.39 is 11.7 Å². The molecule has 2 amide bonds. The fourth-order valence-electron chi connectivity index (χ4n) is 4.18. The number of carbonyl (C=O) groups excluding carboxylic acids is 1. The minimum absolute atomic E-state index is 0.120. The quantitative estimate of drug-likeness (QED) is 0.345. The van der Waals surface area contributed by atoms with E-state index in [0.717, 1.165) is 11.1 Å². The van der Waals surface area contributed by atoms with Crippen molar-refractivity contribution >= 4 is 23.3 Å². The zero-order valence-corrected chi connectivity index (χ0v) is 20.8. The highest BCUT2D eigenvalue weighted by Crippen LogP contribution is 2.29. The van der Waals surface area contributed by atoms with Crippen molar-refractivity contribution < 1.29 is 24.3 Å². The molecule has 0 aliphatic carbocycles. The van der Waals surface area contributed by atoms with E-state index in [1.54, 1.807) is 24.3 Å². The maximum Gasteiger partial charge on any atom is 0.407 e. The van der Waals surface area contributed by atoms with Crippen molar-refractivity contribution in [2.45, 2.75) is 45.1 Å². The number of carboxylic acid groups (broad SMARTS) is 1. The normalized spacial score (nSPS) is 14.1. The zero-order valence-electron chi connectivity index (χ0n) is 20.8. The van der Waals surface area contributed by atoms with Gasteiger partial charge < -0.3 is 25.0 Å². The Morgan fingerprint density at radius 2 is 2.00 bits per heavy atom. The van der Waals surface area contributed by atoms with E-state index in [0.29, 0.717) is 60.2 Å². The second-order valence-corrected chi connectivity index (χ2v) is 10.0. The number of hydrogen-bond acceptors (Lipinski definition) is 7. The van der Waals surface area contributed by atoms with Gasteiger partial charge in [-0.15, -0.1) is 0 Å². The second kappa shape index (κ2) is 9.32. The van der Waals surface area contributed by atoms with Crippen LogP contribution in [0.2, 0.25) is 0 Å². The first-order valence-corrected chi connectivity index (χ1v) is 12.0. The summed E-state index contributed by atoms with van der Waals surface area (Å²) in [6.45, 7) is 6.08. The van der Waals surface area contributed by atoms with Crippen molar-refractivity contribution in [1.82, 2.24) is 24.4 Å². The zero-order chi connectivity index (χ0) is 26.3. The lowest BCUT2D eigenvalue weighted by Gasteiger charge is -2.34. The molecule has 11 heteroatoms. The molecule has 3 aromatic heterocycles. The van der Waals surface area contributed by atoms with Crippen LogP contribution in [0.4, 0.5) is 10.5 Å². The van der Waals surface area contributed by atoms with Gasteiger partial charge in [-0.3, -0.25) is 9.20 Å². The molecular formula is C26H28N6O5. The van der Waals surface area contributed by atoms with Crippen molar-refractivity contribution in [3.8, 4) is 11.4 Å². The van der Waals surface area contributed by atoms with E-state index in [1.165, 1.54) is 11.1 Å². The van der Waals surface area contributed by atoms with Crippen molar-refractivity contribution in [1.29, 1.82) is 0 Å². The summed E-state index contributed by atoms with van der Waals surface area (Å²) in [5, 5.41) is 26.1. The maximum atomic E-state index is 13.2. The first-order valence-electron chi connectivity index (χ1n) is 12.0. The SMILES string of the molecule is Cc1ccc(-c2noc(C3CN(C(=O)O)C3)n2)cc1NC(=O)c1cnc2ccc(CCC(C)(C)O)cn12. The minimum atomic E-state index is -0.966. The number of amides is 2. The van der Waals surface area contributed by atoms with Gasteiger partial charge in [0, 0.05) is 30.5 Å². The Morgan fingerprint density at radius 3 is 2.73 bits per heavy atom. The van der Waals surface area contributed by atoms with Crippen LogP contribution < -0.4 is 5.32 Å². The van der Waals surface area contributed by atoms with Crippen LogP contribution in [0.25, 0.3) is 17.0 Å². The summed E-state index contributed by atoms with van der Waals surface area (Å²) in [6.07, 6.45) is 3.71. The lowest BCUT2D eigenvalue weighted by Crippen LogP contribution is -2.47. The van der Waals surface area contributed by atoms with Gasteiger partial charge in [-0.25, -0.2) is 9.78 Å². The Morgan fingerprint density at radius 1 is 1.22 bits per heavy atom. The van der Waals surface area contributed by atoms with Crippen LogP contribution in [0.5, 0.6) is 0 Å². The molecule has 1 aliphatic heterocycles. The summed E-state index contributed by atoms with van der Waals surface area (Å²) in [5.74, 6) is 0.324. The maximum absolute atomic E-state index is 13.2. The molecule has 4 aromatic rings. The number of imidazole rings is 1. The summed E-state index contributed by atoms with van der Waals surface area (Å²) in [4.78, 5) is 34.3. The van der Waals surface area contributed by atoms with Gasteiger partial charge in [0.2, 0.25) is 11.7 Å². The number of aryl methyl sites for hydroxylation is 2. The molecule has 1 aromatic carbocycles. The highest BCUT2D eigenvalue weighted by molar-refractivity contribution is 6.04. The van der Waals surface area contributed by atoms with Crippen LogP contribution in [0.1, 0.15) is 53.7 Å². The van der Waals surface area contributed by atoms with E-state index in [2.05, 4.69) is 20.4 Å². The number of carbonyl (C=O) groups is 2. The van der Waals surface area contributed by atoms with E-state index in [4.69, 9.17) is 9.63 Å². The van der Waals surface area contributed by atoms with Gasteiger partial charge in [-0.2, -0.15) is 4.98 Å². The van der Waals surface area contributed by atoms with Gasteiger partial charge in [0.25, 0.3) is 5.91 Å². The van der Waals surface area contributed by atoms with Gasteiger partial charge >= 0.3 is 6.09 Å². The number of benzene rings is 1. The minimum Gasteiger partial charge on any atom is -0.465 e. The van der Waals surface area contributed by atoms with Gasteiger partial charge in [-0.1, -0.05) is 23.4 Å². The molecule has 11 nitrogen and oxygen atoms in total. The summed E-state index contributed by atoms with van der Waals surface area (Å²) >= 11 is 0. The summed E-state index contributed by atoms with van der Waals surface area (Å²) in [6, 6.07) is 9.29. The van der Waals surface area contributed by atoms with Crippen molar-refractivity contribution in [3.63, 3.8) is 0 Å². The number of anilines is 1. The van der Waals surface area contributed by atoms with Crippen LogP contribution >= 0.6 is 0 Å². The summed E-state index contributed by atoms with van der Waals surface area (Å²) in [7, 11) is 0. The van der Waals surface area contributed by atoms with Crippen LogP contribution in [0, 0.1) is 6.92 Å². The summed E-state index contributed by atoms with van der Waals surface area (Å²) < 4.78 is 7.11. The molecule has 5 rings (SSSR count). The molecule has 0 saturated carbocycles. The number of nitrogens with zero attached hydrogens (tertiary/aromatic N) is 5. The van der Waals surface area contributed by atoms with Crippen molar-refractivity contribution in [2.24, 2.45) is 0 Å². The highest BCUT2D eigenvalue weighted by Gasteiger charge is 2.35. The molecule has 37 heavy (non-hydrogen) atoms. The molecule has 1 aliphatic rings. The van der Waals surface area contributed by atoms with Crippen LogP contribution in [-0.4, -0.2) is 65.3 Å². The molecule has 0 atom stereocenters. The van der Waals surface area contributed by atoms with E-state index >= 15 is 0 Å². The van der Waals surface area contributed by atoms with Gasteiger partial charge in [0.05, 0.1) is 17.7 Å². The Kier molecular flexibility index (Phi) is 6.16. The Hall–Kier alpha value is -4.25. The van der Waals surface area contributed by atoms with Gasteiger partial charge in [0.15, 0.2) is 0 Å². The van der Waals surface area contributed by atoms with Crippen molar-refractivity contribution in [2.75, 3.05) is 18.4 Å². The predicted octanol–water partition coefficient (Wildman–Crippen LogP) is 3.73. The molecule has 0 unspecified atom stereocenters. The fraction of sp³-hybridized carbons (Fsp3) is 0.346. The van der Waals surface area contributed by atoms with Crippen LogP contribution in [0.15, 0.2) is 47.2 Å². The monoisotopic (exact) mass is 504 g/mol. The first-order chi connectivity index (χ1) is 17.6. The molecule has 3 N–H and O–H groups in total. The summed E-state index contributed by atoms with van der Waals surface area (Å²) in [5.41, 5.74) is 3.38. The number of rotatable bonds is 7. The Labute approximate surface area is 212 Å². The second-order valence-electron chi connectivity index (χ2n) is 10.0. The topological polar surface area (TPSA) is 146 Å². The molecule has 0 spiro atoms. The van der Waals surface area contributed by atoms with E-state index in [9.17, 15) is 14.7 Å². The molecule has 4 heterocycles.